The fourth-order valence-electron chi connectivity index (χ4n) is 1.70. The Morgan fingerprint density at radius 1 is 1.44 bits per heavy atom. The van der Waals surface area contributed by atoms with E-state index in [2.05, 4.69) is 0 Å². The number of carbonyl (C=O) groups is 1. The molecule has 5 heteroatoms. The number of aryl methyl sites for hydroxylation is 1. The van der Waals surface area contributed by atoms with Gasteiger partial charge in [0.25, 0.3) is 0 Å². The lowest BCUT2D eigenvalue weighted by atomic mass is 10.0. The van der Waals surface area contributed by atoms with Crippen molar-refractivity contribution in [2.24, 2.45) is 0 Å². The molecule has 0 atom stereocenters. The van der Waals surface area contributed by atoms with Gasteiger partial charge in [-0.2, -0.15) is 0 Å². The molecule has 0 aliphatic rings. The maximum atomic E-state index is 13.1. The van der Waals surface area contributed by atoms with Crippen LogP contribution in [0.4, 0.5) is 4.39 Å². The van der Waals surface area contributed by atoms with Crippen LogP contribution in [-0.2, 0) is 4.74 Å². The Bertz CT molecular complexity index is 607. The maximum Gasteiger partial charge on any atom is 0.348 e. The van der Waals surface area contributed by atoms with E-state index in [4.69, 9.17) is 16.3 Å². The van der Waals surface area contributed by atoms with Gasteiger partial charge >= 0.3 is 5.97 Å². The molecule has 0 fully saturated rings. The molecular weight excluding hydrogens is 275 g/mol. The van der Waals surface area contributed by atoms with Gasteiger partial charge in [0.1, 0.15) is 10.7 Å². The molecule has 0 saturated carbocycles. The van der Waals surface area contributed by atoms with Crippen LogP contribution in [0.5, 0.6) is 0 Å². The predicted molar refractivity (Wildman–Crippen MR) is 70.8 cm³/mol. The third-order valence-corrected chi connectivity index (χ3v) is 3.92. The second-order valence-corrected chi connectivity index (χ2v) is 5.03. The second-order valence-electron chi connectivity index (χ2n) is 3.74. The summed E-state index contributed by atoms with van der Waals surface area (Å²) in [7, 11) is 1.33. The van der Waals surface area contributed by atoms with Crippen LogP contribution in [0.15, 0.2) is 23.6 Å². The average molecular weight is 285 g/mol. The molecule has 0 bridgehead atoms. The number of thiophene rings is 1. The zero-order valence-corrected chi connectivity index (χ0v) is 11.4. The number of methoxy groups -OCH3 is 1. The van der Waals surface area contributed by atoms with Crippen LogP contribution < -0.4 is 0 Å². The van der Waals surface area contributed by atoms with Crippen LogP contribution in [0, 0.1) is 12.7 Å². The highest BCUT2D eigenvalue weighted by atomic mass is 35.5. The third kappa shape index (κ3) is 2.26. The van der Waals surface area contributed by atoms with Gasteiger partial charge in [0.15, 0.2) is 0 Å². The average Bonchev–Trinajstić information content (AvgIpc) is 2.74. The van der Waals surface area contributed by atoms with Gasteiger partial charge in [-0.25, -0.2) is 9.18 Å². The molecule has 0 aliphatic heterocycles. The number of rotatable bonds is 2. The highest BCUT2D eigenvalue weighted by molar-refractivity contribution is 7.12. The zero-order valence-electron chi connectivity index (χ0n) is 9.79. The molecule has 1 heterocycles. The molecule has 0 aliphatic carbocycles. The number of ether oxygens (including phenoxy) is 1. The molecule has 0 N–H and O–H groups in total. The Morgan fingerprint density at radius 3 is 2.78 bits per heavy atom. The van der Waals surface area contributed by atoms with E-state index >= 15 is 0 Å². The molecule has 0 radical (unpaired) electrons. The van der Waals surface area contributed by atoms with Gasteiger partial charge in [0.05, 0.1) is 12.1 Å². The Balaban J connectivity index is 2.59. The van der Waals surface area contributed by atoms with Gasteiger partial charge in [-0.15, -0.1) is 11.3 Å². The van der Waals surface area contributed by atoms with Gasteiger partial charge in [-0.3, -0.25) is 0 Å². The standard InChI is InChI=1S/C13H10ClFO2S/c1-7-6-18-12(13(16)17-2)11(7)8-3-4-10(15)9(14)5-8/h3-6H,1-2H3. The predicted octanol–water partition coefficient (Wildman–Crippen LogP) is 4.30. The van der Waals surface area contributed by atoms with Crippen molar-refractivity contribution >= 4 is 28.9 Å². The largest absolute Gasteiger partial charge is 0.465 e. The first kappa shape index (κ1) is 13.1. The van der Waals surface area contributed by atoms with E-state index in [-0.39, 0.29) is 5.02 Å². The molecule has 94 valence electrons. The van der Waals surface area contributed by atoms with E-state index < -0.39 is 11.8 Å². The summed E-state index contributed by atoms with van der Waals surface area (Å²) in [4.78, 5) is 12.2. The monoisotopic (exact) mass is 284 g/mol. The van der Waals surface area contributed by atoms with Gasteiger partial charge in [0, 0.05) is 5.56 Å². The smallest absolute Gasteiger partial charge is 0.348 e. The fourth-order valence-corrected chi connectivity index (χ4v) is 2.87. The maximum absolute atomic E-state index is 13.1. The van der Waals surface area contributed by atoms with Crippen molar-refractivity contribution in [2.75, 3.05) is 7.11 Å². The van der Waals surface area contributed by atoms with Crippen molar-refractivity contribution in [3.8, 4) is 11.1 Å². The summed E-state index contributed by atoms with van der Waals surface area (Å²) in [5.74, 6) is -0.878. The minimum atomic E-state index is -0.479. The Kier molecular flexibility index (Phi) is 3.68. The topological polar surface area (TPSA) is 26.3 Å². The number of carbonyl (C=O) groups excluding carboxylic acids is 1. The van der Waals surface area contributed by atoms with E-state index in [1.807, 2.05) is 12.3 Å². The molecule has 0 spiro atoms. The minimum absolute atomic E-state index is 0.0360. The van der Waals surface area contributed by atoms with Crippen molar-refractivity contribution in [1.82, 2.24) is 0 Å². The van der Waals surface area contributed by atoms with Gasteiger partial charge in [-0.1, -0.05) is 17.7 Å². The first-order valence-electron chi connectivity index (χ1n) is 5.16. The molecule has 2 aromatic rings. The number of benzene rings is 1. The van der Waals surface area contributed by atoms with Crippen molar-refractivity contribution in [3.63, 3.8) is 0 Å². The third-order valence-electron chi connectivity index (χ3n) is 2.55. The normalized spacial score (nSPS) is 10.4. The highest BCUT2D eigenvalue weighted by Crippen LogP contribution is 2.34. The first-order valence-corrected chi connectivity index (χ1v) is 6.42. The van der Waals surface area contributed by atoms with Crippen molar-refractivity contribution in [3.05, 3.63) is 44.9 Å². The second kappa shape index (κ2) is 5.08. The van der Waals surface area contributed by atoms with E-state index in [1.165, 1.54) is 30.6 Å². The number of halogens is 2. The summed E-state index contributed by atoms with van der Waals surface area (Å²) in [6.07, 6.45) is 0. The van der Waals surface area contributed by atoms with E-state index in [9.17, 15) is 9.18 Å². The lowest BCUT2D eigenvalue weighted by molar-refractivity contribution is 0.0607. The summed E-state index contributed by atoms with van der Waals surface area (Å²) in [6, 6.07) is 4.40. The van der Waals surface area contributed by atoms with E-state index in [0.29, 0.717) is 10.4 Å². The summed E-state index contributed by atoms with van der Waals surface area (Å²) in [5.41, 5.74) is 2.39. The fraction of sp³-hybridized carbons (Fsp3) is 0.154. The quantitative estimate of drug-likeness (QED) is 0.769. The zero-order chi connectivity index (χ0) is 13.3. The van der Waals surface area contributed by atoms with Gasteiger partial charge < -0.3 is 4.74 Å². The van der Waals surface area contributed by atoms with Crippen LogP contribution in [0.2, 0.25) is 5.02 Å². The molecule has 0 saturated heterocycles. The number of hydrogen-bond acceptors (Lipinski definition) is 3. The molecular formula is C13H10ClFO2S. The Labute approximate surface area is 113 Å². The molecule has 1 aromatic carbocycles. The van der Waals surface area contributed by atoms with E-state index in [1.54, 1.807) is 6.07 Å². The molecule has 0 amide bonds. The summed E-state index contributed by atoms with van der Waals surface area (Å²) in [5, 5.41) is 1.90. The molecule has 18 heavy (non-hydrogen) atoms. The molecule has 2 rings (SSSR count). The number of esters is 1. The Morgan fingerprint density at radius 2 is 2.17 bits per heavy atom. The molecule has 2 nitrogen and oxygen atoms in total. The SMILES string of the molecule is COC(=O)c1scc(C)c1-c1ccc(F)c(Cl)c1. The van der Waals surface area contributed by atoms with Crippen LogP contribution >= 0.6 is 22.9 Å². The first-order chi connectivity index (χ1) is 8.54. The van der Waals surface area contributed by atoms with Crippen LogP contribution in [0.1, 0.15) is 15.2 Å². The van der Waals surface area contributed by atoms with Crippen molar-refractivity contribution < 1.29 is 13.9 Å². The van der Waals surface area contributed by atoms with Crippen molar-refractivity contribution in [2.45, 2.75) is 6.92 Å². The van der Waals surface area contributed by atoms with Crippen LogP contribution in [0.25, 0.3) is 11.1 Å². The van der Waals surface area contributed by atoms with Crippen LogP contribution in [0.3, 0.4) is 0 Å². The highest BCUT2D eigenvalue weighted by Gasteiger charge is 2.18. The summed E-state index contributed by atoms with van der Waals surface area (Å²) >= 11 is 7.06. The lowest BCUT2D eigenvalue weighted by Crippen LogP contribution is -2.00. The van der Waals surface area contributed by atoms with Crippen molar-refractivity contribution in [1.29, 1.82) is 0 Å². The van der Waals surface area contributed by atoms with Gasteiger partial charge in [-0.05, 0) is 35.6 Å². The lowest BCUT2D eigenvalue weighted by Gasteiger charge is -2.05. The van der Waals surface area contributed by atoms with E-state index in [0.717, 1.165) is 11.1 Å². The molecule has 1 aromatic heterocycles. The number of hydrogen-bond donors (Lipinski definition) is 0. The Hall–Kier alpha value is -1.39. The molecule has 0 unspecified atom stereocenters. The van der Waals surface area contributed by atoms with Crippen LogP contribution in [-0.4, -0.2) is 13.1 Å². The minimum Gasteiger partial charge on any atom is -0.465 e. The summed E-state index contributed by atoms with van der Waals surface area (Å²) < 4.78 is 17.9. The van der Waals surface area contributed by atoms with Gasteiger partial charge in [0.2, 0.25) is 0 Å². The summed E-state index contributed by atoms with van der Waals surface area (Å²) in [6.45, 7) is 1.88.